The SMILES string of the molecule is CCCc1nc2c(c(=O)[nH]1)CN(Cc1cnn(-c3ccccc3C)c1C)CC2. The van der Waals surface area contributed by atoms with E-state index in [-0.39, 0.29) is 5.56 Å². The molecule has 0 saturated carbocycles. The minimum atomic E-state index is 0.0190. The number of para-hydroxylation sites is 1. The molecule has 4 rings (SSSR count). The van der Waals surface area contributed by atoms with Crippen LogP contribution in [0.2, 0.25) is 0 Å². The number of hydrogen-bond acceptors (Lipinski definition) is 4. The third-order valence-corrected chi connectivity index (χ3v) is 5.53. The molecule has 6 heteroatoms. The number of benzene rings is 1. The molecule has 2 aromatic heterocycles. The Hall–Kier alpha value is -2.73. The van der Waals surface area contributed by atoms with Crippen LogP contribution in [0, 0.1) is 13.8 Å². The maximum Gasteiger partial charge on any atom is 0.255 e. The monoisotopic (exact) mass is 377 g/mol. The molecule has 28 heavy (non-hydrogen) atoms. The van der Waals surface area contributed by atoms with Crippen LogP contribution in [0.4, 0.5) is 0 Å². The van der Waals surface area contributed by atoms with Crippen molar-refractivity contribution in [2.24, 2.45) is 0 Å². The lowest BCUT2D eigenvalue weighted by Gasteiger charge is -2.27. The molecule has 1 aliphatic rings. The van der Waals surface area contributed by atoms with E-state index in [0.29, 0.717) is 6.54 Å². The number of fused-ring (bicyclic) bond motifs is 1. The van der Waals surface area contributed by atoms with Crippen LogP contribution in [0.25, 0.3) is 5.69 Å². The van der Waals surface area contributed by atoms with Crippen molar-refractivity contribution >= 4 is 0 Å². The van der Waals surface area contributed by atoms with Crippen molar-refractivity contribution in [2.45, 2.75) is 53.1 Å². The summed E-state index contributed by atoms with van der Waals surface area (Å²) in [6.07, 6.45) is 4.58. The van der Waals surface area contributed by atoms with Gasteiger partial charge in [-0.15, -0.1) is 0 Å². The van der Waals surface area contributed by atoms with E-state index >= 15 is 0 Å². The van der Waals surface area contributed by atoms with E-state index in [0.717, 1.165) is 60.8 Å². The van der Waals surface area contributed by atoms with Gasteiger partial charge in [0.1, 0.15) is 5.82 Å². The lowest BCUT2D eigenvalue weighted by molar-refractivity contribution is 0.241. The predicted molar refractivity (Wildman–Crippen MR) is 110 cm³/mol. The Labute approximate surface area is 165 Å². The Morgan fingerprint density at radius 3 is 2.82 bits per heavy atom. The van der Waals surface area contributed by atoms with Gasteiger partial charge in [0.2, 0.25) is 0 Å². The Morgan fingerprint density at radius 1 is 1.21 bits per heavy atom. The van der Waals surface area contributed by atoms with E-state index in [1.807, 2.05) is 23.0 Å². The van der Waals surface area contributed by atoms with Crippen molar-refractivity contribution in [1.82, 2.24) is 24.6 Å². The summed E-state index contributed by atoms with van der Waals surface area (Å²) in [5, 5.41) is 4.62. The summed E-state index contributed by atoms with van der Waals surface area (Å²) in [7, 11) is 0. The van der Waals surface area contributed by atoms with Gasteiger partial charge in [-0.2, -0.15) is 5.10 Å². The fourth-order valence-corrected chi connectivity index (χ4v) is 3.91. The Morgan fingerprint density at radius 2 is 2.04 bits per heavy atom. The predicted octanol–water partition coefficient (Wildman–Crippen LogP) is 3.08. The molecule has 0 radical (unpaired) electrons. The van der Waals surface area contributed by atoms with Crippen LogP contribution in [-0.2, 0) is 25.9 Å². The van der Waals surface area contributed by atoms with Crippen LogP contribution < -0.4 is 5.56 Å². The van der Waals surface area contributed by atoms with Gasteiger partial charge in [-0.3, -0.25) is 9.69 Å². The molecule has 3 heterocycles. The Bertz CT molecular complexity index is 1050. The number of aryl methyl sites for hydroxylation is 2. The van der Waals surface area contributed by atoms with Gasteiger partial charge in [-0.1, -0.05) is 25.1 Å². The minimum Gasteiger partial charge on any atom is -0.310 e. The zero-order valence-electron chi connectivity index (χ0n) is 16.8. The van der Waals surface area contributed by atoms with Crippen molar-refractivity contribution in [3.05, 3.63) is 74.7 Å². The summed E-state index contributed by atoms with van der Waals surface area (Å²) < 4.78 is 2.01. The van der Waals surface area contributed by atoms with Crippen molar-refractivity contribution in [3.8, 4) is 5.69 Å². The number of aromatic nitrogens is 4. The molecule has 0 saturated heterocycles. The lowest BCUT2D eigenvalue weighted by Crippen LogP contribution is -2.35. The lowest BCUT2D eigenvalue weighted by atomic mass is 10.1. The number of nitrogens with one attached hydrogen (secondary N) is 1. The second-order valence-corrected chi connectivity index (χ2v) is 7.60. The van der Waals surface area contributed by atoms with Gasteiger partial charge in [0.05, 0.1) is 23.1 Å². The molecule has 146 valence electrons. The van der Waals surface area contributed by atoms with Crippen LogP contribution >= 0.6 is 0 Å². The summed E-state index contributed by atoms with van der Waals surface area (Å²) in [4.78, 5) is 22.5. The largest absolute Gasteiger partial charge is 0.310 e. The highest BCUT2D eigenvalue weighted by Gasteiger charge is 2.22. The standard InChI is InChI=1S/C22H27N5O/c1-4-7-21-24-19-10-11-26(14-18(19)22(28)25-21)13-17-12-23-27(16(17)3)20-9-6-5-8-15(20)2/h5-6,8-9,12H,4,7,10-11,13-14H2,1-3H3,(H,24,25,28). The molecule has 0 fully saturated rings. The first-order valence-electron chi connectivity index (χ1n) is 9.99. The molecule has 0 atom stereocenters. The summed E-state index contributed by atoms with van der Waals surface area (Å²) in [5.74, 6) is 0.815. The van der Waals surface area contributed by atoms with Gasteiger partial charge in [0.15, 0.2) is 0 Å². The van der Waals surface area contributed by atoms with Crippen LogP contribution in [0.5, 0.6) is 0 Å². The number of rotatable bonds is 5. The number of hydrogen-bond donors (Lipinski definition) is 1. The van der Waals surface area contributed by atoms with Gasteiger partial charge in [0.25, 0.3) is 5.56 Å². The summed E-state index contributed by atoms with van der Waals surface area (Å²) >= 11 is 0. The van der Waals surface area contributed by atoms with E-state index in [9.17, 15) is 4.79 Å². The van der Waals surface area contributed by atoms with Gasteiger partial charge in [-0.25, -0.2) is 9.67 Å². The van der Waals surface area contributed by atoms with Crippen LogP contribution in [0.3, 0.4) is 0 Å². The quantitative estimate of drug-likeness (QED) is 0.742. The zero-order valence-corrected chi connectivity index (χ0v) is 16.8. The minimum absolute atomic E-state index is 0.0190. The maximum absolute atomic E-state index is 12.5. The maximum atomic E-state index is 12.5. The molecule has 0 amide bonds. The first-order chi connectivity index (χ1) is 13.6. The smallest absolute Gasteiger partial charge is 0.255 e. The second kappa shape index (κ2) is 7.72. The number of aromatic amines is 1. The van der Waals surface area contributed by atoms with Crippen molar-refractivity contribution in [1.29, 1.82) is 0 Å². The van der Waals surface area contributed by atoms with Gasteiger partial charge >= 0.3 is 0 Å². The van der Waals surface area contributed by atoms with Crippen molar-refractivity contribution in [3.63, 3.8) is 0 Å². The van der Waals surface area contributed by atoms with Crippen LogP contribution in [0.15, 0.2) is 35.3 Å². The van der Waals surface area contributed by atoms with Crippen molar-refractivity contribution in [2.75, 3.05) is 6.54 Å². The molecule has 0 unspecified atom stereocenters. The normalized spacial score (nSPS) is 14.2. The molecule has 1 aromatic carbocycles. The third kappa shape index (κ3) is 3.52. The Kier molecular flexibility index (Phi) is 5.13. The van der Waals surface area contributed by atoms with E-state index in [1.165, 1.54) is 11.1 Å². The first-order valence-corrected chi connectivity index (χ1v) is 9.99. The number of nitrogens with zero attached hydrogens (tertiary/aromatic N) is 4. The van der Waals surface area contributed by atoms with E-state index in [1.54, 1.807) is 0 Å². The van der Waals surface area contributed by atoms with Gasteiger partial charge < -0.3 is 4.98 Å². The average molecular weight is 377 g/mol. The molecule has 6 nitrogen and oxygen atoms in total. The molecule has 1 N–H and O–H groups in total. The highest BCUT2D eigenvalue weighted by Crippen LogP contribution is 2.21. The molecule has 3 aromatic rings. The number of H-pyrrole nitrogens is 1. The van der Waals surface area contributed by atoms with E-state index in [2.05, 4.69) is 52.9 Å². The summed E-state index contributed by atoms with van der Waals surface area (Å²) in [5.41, 5.74) is 6.45. The molecular weight excluding hydrogens is 350 g/mol. The zero-order chi connectivity index (χ0) is 19.7. The Balaban J connectivity index is 1.54. The molecule has 0 spiro atoms. The fourth-order valence-electron chi connectivity index (χ4n) is 3.91. The highest BCUT2D eigenvalue weighted by molar-refractivity contribution is 5.41. The van der Waals surface area contributed by atoms with Crippen LogP contribution in [-0.4, -0.2) is 31.2 Å². The summed E-state index contributed by atoms with van der Waals surface area (Å²) in [6.45, 7) is 8.64. The second-order valence-electron chi connectivity index (χ2n) is 7.60. The highest BCUT2D eigenvalue weighted by atomic mass is 16.1. The van der Waals surface area contributed by atoms with Crippen LogP contribution in [0.1, 0.15) is 47.2 Å². The van der Waals surface area contributed by atoms with Gasteiger partial charge in [-0.05, 0) is 31.9 Å². The third-order valence-electron chi connectivity index (χ3n) is 5.53. The summed E-state index contributed by atoms with van der Waals surface area (Å²) in [6, 6.07) is 8.27. The van der Waals surface area contributed by atoms with E-state index < -0.39 is 0 Å². The first kappa shape index (κ1) is 18.6. The molecule has 1 aliphatic heterocycles. The molecule has 0 bridgehead atoms. The topological polar surface area (TPSA) is 66.8 Å². The van der Waals surface area contributed by atoms with E-state index in [4.69, 9.17) is 0 Å². The fraction of sp³-hybridized carbons (Fsp3) is 0.409. The molecular formula is C22H27N5O. The average Bonchev–Trinajstić information content (AvgIpc) is 3.03. The van der Waals surface area contributed by atoms with Gasteiger partial charge in [0, 0.05) is 43.7 Å². The van der Waals surface area contributed by atoms with Crippen molar-refractivity contribution < 1.29 is 0 Å². The molecule has 0 aliphatic carbocycles.